The van der Waals surface area contributed by atoms with Gasteiger partial charge in [-0.25, -0.2) is 0 Å². The molecule has 0 amide bonds. The van der Waals surface area contributed by atoms with Gasteiger partial charge in [-0.2, -0.15) is 0 Å². The minimum Gasteiger partial charge on any atom is -0.257 e. The first-order valence-corrected chi connectivity index (χ1v) is 3.87. The van der Waals surface area contributed by atoms with Crippen molar-refractivity contribution in [1.82, 2.24) is 0 Å². The molecule has 0 aromatic rings. The average Bonchev–Trinajstić information content (AvgIpc) is 2.11. The van der Waals surface area contributed by atoms with Crippen LogP contribution >= 0.6 is 0 Å². The van der Waals surface area contributed by atoms with Gasteiger partial charge in [-0.15, -0.1) is 0 Å². The van der Waals surface area contributed by atoms with Crippen LogP contribution in [0.4, 0.5) is 0 Å². The fourth-order valence-electron chi connectivity index (χ4n) is 0.672. The number of allylic oxidation sites excluding steroid dienone is 5. The van der Waals surface area contributed by atoms with Crippen molar-refractivity contribution in [2.45, 2.75) is 13.8 Å². The largest absolute Gasteiger partial charge is 0.257 e. The number of hydrogen-bond donors (Lipinski definition) is 0. The van der Waals surface area contributed by atoms with E-state index in [9.17, 15) is 0 Å². The molecule has 12 heavy (non-hydrogen) atoms. The lowest BCUT2D eigenvalue weighted by molar-refractivity contribution is 1.32. The summed E-state index contributed by atoms with van der Waals surface area (Å²) >= 11 is 0. The van der Waals surface area contributed by atoms with Gasteiger partial charge in [0.25, 0.3) is 0 Å². The number of rotatable bonds is 4. The maximum Gasteiger partial charge on any atom is 0.0655 e. The van der Waals surface area contributed by atoms with Gasteiger partial charge in [-0.05, 0) is 25.5 Å². The van der Waals surface area contributed by atoms with Crippen molar-refractivity contribution in [3.63, 3.8) is 0 Å². The van der Waals surface area contributed by atoms with E-state index in [0.29, 0.717) is 0 Å². The Morgan fingerprint density at radius 2 is 2.00 bits per heavy atom. The molecular formula is C11H15N. The molecule has 0 saturated carbocycles. The summed E-state index contributed by atoms with van der Waals surface area (Å²) in [6.45, 7) is 11.2. The molecule has 0 fully saturated rings. The van der Waals surface area contributed by atoms with Gasteiger partial charge in [-0.1, -0.05) is 31.4 Å². The Kier molecular flexibility index (Phi) is 5.62. The summed E-state index contributed by atoms with van der Waals surface area (Å²) in [5.41, 5.74) is 1.98. The molecule has 0 heterocycles. The van der Waals surface area contributed by atoms with E-state index < -0.39 is 0 Å². The van der Waals surface area contributed by atoms with Gasteiger partial charge < -0.3 is 0 Å². The number of hydrogen-bond acceptors (Lipinski definition) is 1. The van der Waals surface area contributed by atoms with Crippen LogP contribution in [0.1, 0.15) is 13.8 Å². The third kappa shape index (κ3) is 3.71. The van der Waals surface area contributed by atoms with Crippen LogP contribution < -0.4 is 0 Å². The molecule has 0 aliphatic heterocycles. The van der Waals surface area contributed by atoms with E-state index in [1.165, 1.54) is 0 Å². The van der Waals surface area contributed by atoms with Crippen molar-refractivity contribution < 1.29 is 0 Å². The molecule has 0 unspecified atom stereocenters. The second-order valence-electron chi connectivity index (χ2n) is 2.29. The lowest BCUT2D eigenvalue weighted by Gasteiger charge is -1.96. The van der Waals surface area contributed by atoms with Crippen LogP contribution in [0.15, 0.2) is 53.7 Å². The Balaban J connectivity index is 4.76. The second kappa shape index (κ2) is 6.35. The Morgan fingerprint density at radius 3 is 2.42 bits per heavy atom. The Morgan fingerprint density at radius 1 is 1.33 bits per heavy atom. The van der Waals surface area contributed by atoms with Crippen molar-refractivity contribution in [2.75, 3.05) is 0 Å². The molecule has 0 bridgehead atoms. The number of aliphatic imine (C=N–C) groups is 1. The van der Waals surface area contributed by atoms with Crippen LogP contribution in [0.5, 0.6) is 0 Å². The van der Waals surface area contributed by atoms with Crippen molar-refractivity contribution in [2.24, 2.45) is 4.99 Å². The third-order valence-corrected chi connectivity index (χ3v) is 1.35. The highest BCUT2D eigenvalue weighted by molar-refractivity contribution is 5.71. The third-order valence-electron chi connectivity index (χ3n) is 1.35. The van der Waals surface area contributed by atoms with Gasteiger partial charge in [-0.3, -0.25) is 4.99 Å². The maximum absolute atomic E-state index is 4.18. The molecule has 0 rings (SSSR count). The van der Waals surface area contributed by atoms with E-state index in [-0.39, 0.29) is 0 Å². The zero-order valence-electron chi connectivity index (χ0n) is 7.75. The zero-order chi connectivity index (χ0) is 9.40. The van der Waals surface area contributed by atoms with E-state index in [4.69, 9.17) is 0 Å². The highest BCUT2D eigenvalue weighted by atomic mass is 14.7. The van der Waals surface area contributed by atoms with E-state index >= 15 is 0 Å². The maximum atomic E-state index is 4.18. The van der Waals surface area contributed by atoms with Gasteiger partial charge in [0.05, 0.1) is 5.70 Å². The average molecular weight is 161 g/mol. The highest BCUT2D eigenvalue weighted by Gasteiger charge is 1.89. The van der Waals surface area contributed by atoms with Gasteiger partial charge in [0.2, 0.25) is 0 Å². The fourth-order valence-corrected chi connectivity index (χ4v) is 0.672. The molecule has 0 aromatic heterocycles. The van der Waals surface area contributed by atoms with Gasteiger partial charge >= 0.3 is 0 Å². The molecule has 0 aliphatic carbocycles. The van der Waals surface area contributed by atoms with E-state index in [2.05, 4.69) is 18.2 Å². The van der Waals surface area contributed by atoms with Crippen molar-refractivity contribution in [1.29, 1.82) is 0 Å². The smallest absolute Gasteiger partial charge is 0.0655 e. The second-order valence-corrected chi connectivity index (χ2v) is 2.29. The molecule has 0 aliphatic rings. The van der Waals surface area contributed by atoms with Gasteiger partial charge in [0.15, 0.2) is 0 Å². The first kappa shape index (κ1) is 10.6. The molecule has 1 nitrogen and oxygen atoms in total. The van der Waals surface area contributed by atoms with E-state index in [1.54, 1.807) is 18.4 Å². The Hall–Kier alpha value is -1.37. The van der Waals surface area contributed by atoms with Crippen molar-refractivity contribution >= 4 is 6.21 Å². The van der Waals surface area contributed by atoms with Crippen LogP contribution in [0.25, 0.3) is 0 Å². The van der Waals surface area contributed by atoms with Crippen LogP contribution in [0.2, 0.25) is 0 Å². The Bertz CT molecular complexity index is 242. The molecule has 64 valence electrons. The normalized spacial score (nSPS) is 13.5. The standard InChI is InChI=1S/C11H15N/c1-5-8-11(10(4)7-3)12-9-6-2/h5-9H,2-3H2,1,4H3/b8-5-,11-10+,12-9?. The summed E-state index contributed by atoms with van der Waals surface area (Å²) < 4.78 is 0. The molecule has 0 N–H and O–H groups in total. The Labute approximate surface area is 74.5 Å². The van der Waals surface area contributed by atoms with Crippen LogP contribution in [0, 0.1) is 0 Å². The summed E-state index contributed by atoms with van der Waals surface area (Å²) in [6, 6.07) is 0. The minimum absolute atomic E-state index is 0.924. The SMILES string of the molecule is C=CC=NC(/C=C\C)=C(\C)C=C. The molecular weight excluding hydrogens is 146 g/mol. The molecule has 1 heteroatoms. The van der Waals surface area contributed by atoms with E-state index in [1.807, 2.05) is 26.0 Å². The molecule has 0 radical (unpaired) electrons. The summed E-state index contributed by atoms with van der Waals surface area (Å²) in [7, 11) is 0. The highest BCUT2D eigenvalue weighted by Crippen LogP contribution is 2.07. The monoisotopic (exact) mass is 161 g/mol. The lowest BCUT2D eigenvalue weighted by atomic mass is 10.2. The molecule has 0 saturated heterocycles. The van der Waals surface area contributed by atoms with Crippen LogP contribution in [-0.4, -0.2) is 6.21 Å². The van der Waals surface area contributed by atoms with Gasteiger partial charge in [0.1, 0.15) is 0 Å². The minimum atomic E-state index is 0.924. The van der Waals surface area contributed by atoms with Crippen molar-refractivity contribution in [3.05, 3.63) is 48.7 Å². The first-order chi connectivity index (χ1) is 5.76. The first-order valence-electron chi connectivity index (χ1n) is 3.87. The summed E-state index contributed by atoms with van der Waals surface area (Å²) in [6.07, 6.45) is 9.00. The number of nitrogens with zero attached hydrogens (tertiary/aromatic N) is 1. The van der Waals surface area contributed by atoms with Gasteiger partial charge in [0, 0.05) is 6.21 Å². The molecule has 0 atom stereocenters. The summed E-state index contributed by atoms with van der Waals surface area (Å²) in [4.78, 5) is 4.18. The van der Waals surface area contributed by atoms with E-state index in [0.717, 1.165) is 11.3 Å². The van der Waals surface area contributed by atoms with Crippen LogP contribution in [-0.2, 0) is 0 Å². The predicted molar refractivity (Wildman–Crippen MR) is 56.4 cm³/mol. The predicted octanol–water partition coefficient (Wildman–Crippen LogP) is 3.28. The fraction of sp³-hybridized carbons (Fsp3) is 0.182. The zero-order valence-corrected chi connectivity index (χ0v) is 7.75. The summed E-state index contributed by atoms with van der Waals surface area (Å²) in [5, 5.41) is 0. The molecule has 0 aromatic carbocycles. The lowest BCUT2D eigenvalue weighted by Crippen LogP contribution is -1.78. The van der Waals surface area contributed by atoms with Crippen LogP contribution in [0.3, 0.4) is 0 Å². The topological polar surface area (TPSA) is 12.4 Å². The molecule has 0 spiro atoms. The quantitative estimate of drug-likeness (QED) is 0.443. The van der Waals surface area contributed by atoms with Crippen molar-refractivity contribution in [3.8, 4) is 0 Å². The summed E-state index contributed by atoms with van der Waals surface area (Å²) in [5.74, 6) is 0.